The normalized spacial score (nSPS) is 36.4. The topological polar surface area (TPSA) is 12.0 Å². The molecule has 2 saturated heterocycles. The molecule has 2 fully saturated rings. The standard InChI is InChI=1S/C16H23N/c1-12(2)16(13-6-4-3-5-7-13)10-14-8-9-15(11-16)17-14/h3-7,12,14-15,17H,8-11H2,1-2H3. The minimum Gasteiger partial charge on any atom is -0.311 e. The van der Waals surface area contributed by atoms with Crippen LogP contribution in [0.1, 0.15) is 45.1 Å². The first kappa shape index (κ1) is 11.3. The van der Waals surface area contributed by atoms with E-state index in [-0.39, 0.29) is 0 Å². The van der Waals surface area contributed by atoms with E-state index < -0.39 is 0 Å². The summed E-state index contributed by atoms with van der Waals surface area (Å²) in [5, 5.41) is 3.77. The molecule has 2 heterocycles. The van der Waals surface area contributed by atoms with Gasteiger partial charge in [0.05, 0.1) is 0 Å². The van der Waals surface area contributed by atoms with Crippen molar-refractivity contribution in [2.75, 3.05) is 0 Å². The molecule has 92 valence electrons. The number of nitrogens with one attached hydrogen (secondary N) is 1. The molecule has 3 rings (SSSR count). The summed E-state index contributed by atoms with van der Waals surface area (Å²) >= 11 is 0. The van der Waals surface area contributed by atoms with Gasteiger partial charge in [0, 0.05) is 17.5 Å². The molecule has 1 heteroatoms. The molecule has 2 bridgehead atoms. The summed E-state index contributed by atoms with van der Waals surface area (Å²) in [7, 11) is 0. The maximum absolute atomic E-state index is 3.77. The van der Waals surface area contributed by atoms with Crippen LogP contribution < -0.4 is 5.32 Å². The Morgan fingerprint density at radius 2 is 1.65 bits per heavy atom. The van der Waals surface area contributed by atoms with Gasteiger partial charge in [-0.25, -0.2) is 0 Å². The second-order valence-electron chi connectivity index (χ2n) is 6.22. The molecule has 0 amide bonds. The molecule has 1 aromatic carbocycles. The fourth-order valence-electron chi connectivity index (χ4n) is 4.00. The van der Waals surface area contributed by atoms with Crippen LogP contribution in [0, 0.1) is 5.92 Å². The summed E-state index contributed by atoms with van der Waals surface area (Å²) < 4.78 is 0. The monoisotopic (exact) mass is 229 g/mol. The predicted octanol–water partition coefficient (Wildman–Crippen LogP) is 3.49. The third-order valence-corrected chi connectivity index (χ3v) is 5.01. The Kier molecular flexibility index (Phi) is 2.74. The molecule has 0 saturated carbocycles. The highest BCUT2D eigenvalue weighted by Gasteiger charge is 2.46. The van der Waals surface area contributed by atoms with Crippen molar-refractivity contribution < 1.29 is 0 Å². The number of hydrogen-bond donors (Lipinski definition) is 1. The number of hydrogen-bond acceptors (Lipinski definition) is 1. The van der Waals surface area contributed by atoms with Crippen LogP contribution in [0.3, 0.4) is 0 Å². The van der Waals surface area contributed by atoms with Gasteiger partial charge in [-0.1, -0.05) is 44.2 Å². The van der Waals surface area contributed by atoms with Crippen molar-refractivity contribution in [2.24, 2.45) is 5.92 Å². The second kappa shape index (κ2) is 4.13. The quantitative estimate of drug-likeness (QED) is 0.818. The Morgan fingerprint density at radius 1 is 1.06 bits per heavy atom. The molecule has 2 unspecified atom stereocenters. The van der Waals surface area contributed by atoms with E-state index in [1.807, 2.05) is 0 Å². The van der Waals surface area contributed by atoms with E-state index >= 15 is 0 Å². The molecule has 1 nitrogen and oxygen atoms in total. The Labute approximate surface area is 105 Å². The molecular formula is C16H23N. The number of piperidine rings is 1. The van der Waals surface area contributed by atoms with Crippen molar-refractivity contribution >= 4 is 0 Å². The van der Waals surface area contributed by atoms with Gasteiger partial charge in [-0.05, 0) is 37.2 Å². The van der Waals surface area contributed by atoms with Crippen LogP contribution in [0.4, 0.5) is 0 Å². The zero-order valence-corrected chi connectivity index (χ0v) is 10.9. The zero-order chi connectivity index (χ0) is 11.9. The second-order valence-corrected chi connectivity index (χ2v) is 6.22. The molecule has 0 aromatic heterocycles. The summed E-state index contributed by atoms with van der Waals surface area (Å²) in [5.41, 5.74) is 1.98. The Bertz CT molecular complexity index is 370. The van der Waals surface area contributed by atoms with Crippen LogP contribution in [0.15, 0.2) is 30.3 Å². The lowest BCUT2D eigenvalue weighted by molar-refractivity contribution is 0.185. The number of rotatable bonds is 2. The fourth-order valence-corrected chi connectivity index (χ4v) is 4.00. The van der Waals surface area contributed by atoms with E-state index in [1.165, 1.54) is 25.7 Å². The van der Waals surface area contributed by atoms with Gasteiger partial charge in [-0.2, -0.15) is 0 Å². The fraction of sp³-hybridized carbons (Fsp3) is 0.625. The van der Waals surface area contributed by atoms with Crippen molar-refractivity contribution in [1.29, 1.82) is 0 Å². The van der Waals surface area contributed by atoms with Gasteiger partial charge in [0.2, 0.25) is 0 Å². The summed E-state index contributed by atoms with van der Waals surface area (Å²) in [6.07, 6.45) is 5.41. The molecule has 2 aliphatic heterocycles. The van der Waals surface area contributed by atoms with Crippen LogP contribution in [-0.2, 0) is 5.41 Å². The highest BCUT2D eigenvalue weighted by atomic mass is 15.0. The van der Waals surface area contributed by atoms with E-state index in [4.69, 9.17) is 0 Å². The Hall–Kier alpha value is -0.820. The zero-order valence-electron chi connectivity index (χ0n) is 10.9. The highest BCUT2D eigenvalue weighted by Crippen LogP contribution is 2.47. The Morgan fingerprint density at radius 3 is 2.18 bits per heavy atom. The molecule has 1 N–H and O–H groups in total. The lowest BCUT2D eigenvalue weighted by atomic mass is 9.64. The van der Waals surface area contributed by atoms with Crippen LogP contribution in [0.25, 0.3) is 0 Å². The van der Waals surface area contributed by atoms with Gasteiger partial charge < -0.3 is 5.32 Å². The largest absolute Gasteiger partial charge is 0.311 e. The minimum absolute atomic E-state index is 0.415. The summed E-state index contributed by atoms with van der Waals surface area (Å²) in [6.45, 7) is 4.80. The van der Waals surface area contributed by atoms with Crippen molar-refractivity contribution in [3.63, 3.8) is 0 Å². The lowest BCUT2D eigenvalue weighted by Crippen LogP contribution is -2.49. The first-order valence-electron chi connectivity index (χ1n) is 7.02. The number of fused-ring (bicyclic) bond motifs is 2. The van der Waals surface area contributed by atoms with Gasteiger partial charge in [0.25, 0.3) is 0 Å². The van der Waals surface area contributed by atoms with Crippen molar-refractivity contribution in [1.82, 2.24) is 5.32 Å². The van der Waals surface area contributed by atoms with E-state index in [9.17, 15) is 0 Å². The highest BCUT2D eigenvalue weighted by molar-refractivity contribution is 5.29. The predicted molar refractivity (Wildman–Crippen MR) is 72.1 cm³/mol. The summed E-state index contributed by atoms with van der Waals surface area (Å²) in [4.78, 5) is 0. The first-order chi connectivity index (χ1) is 8.21. The van der Waals surface area contributed by atoms with E-state index in [0.29, 0.717) is 5.41 Å². The average Bonchev–Trinajstić information content (AvgIpc) is 2.69. The number of benzene rings is 1. The van der Waals surface area contributed by atoms with Gasteiger partial charge in [0.1, 0.15) is 0 Å². The maximum atomic E-state index is 3.77. The lowest BCUT2D eigenvalue weighted by Gasteiger charge is -2.45. The van der Waals surface area contributed by atoms with Crippen LogP contribution in [0.2, 0.25) is 0 Å². The molecule has 17 heavy (non-hydrogen) atoms. The first-order valence-corrected chi connectivity index (χ1v) is 7.02. The van der Waals surface area contributed by atoms with Gasteiger partial charge in [0.15, 0.2) is 0 Å². The van der Waals surface area contributed by atoms with Crippen LogP contribution in [0.5, 0.6) is 0 Å². The van der Waals surface area contributed by atoms with Gasteiger partial charge >= 0.3 is 0 Å². The molecule has 0 spiro atoms. The minimum atomic E-state index is 0.415. The SMILES string of the molecule is CC(C)C1(c2ccccc2)CC2CCC(C1)N2. The Balaban J connectivity index is 1.99. The molecule has 2 atom stereocenters. The van der Waals surface area contributed by atoms with Crippen LogP contribution in [-0.4, -0.2) is 12.1 Å². The van der Waals surface area contributed by atoms with Crippen molar-refractivity contribution in [3.8, 4) is 0 Å². The molecule has 0 radical (unpaired) electrons. The third kappa shape index (κ3) is 1.81. The summed E-state index contributed by atoms with van der Waals surface area (Å²) in [5.74, 6) is 0.732. The van der Waals surface area contributed by atoms with Gasteiger partial charge in [-0.3, -0.25) is 0 Å². The van der Waals surface area contributed by atoms with Gasteiger partial charge in [-0.15, -0.1) is 0 Å². The van der Waals surface area contributed by atoms with Crippen LogP contribution >= 0.6 is 0 Å². The van der Waals surface area contributed by atoms with E-state index in [2.05, 4.69) is 49.5 Å². The molecule has 2 aliphatic rings. The van der Waals surface area contributed by atoms with E-state index in [0.717, 1.165) is 18.0 Å². The molecule has 0 aliphatic carbocycles. The molecule has 1 aromatic rings. The van der Waals surface area contributed by atoms with Crippen molar-refractivity contribution in [3.05, 3.63) is 35.9 Å². The van der Waals surface area contributed by atoms with E-state index in [1.54, 1.807) is 5.56 Å². The summed E-state index contributed by atoms with van der Waals surface area (Å²) in [6, 6.07) is 12.7. The van der Waals surface area contributed by atoms with Crippen molar-refractivity contribution in [2.45, 2.75) is 57.0 Å². The average molecular weight is 229 g/mol. The smallest absolute Gasteiger partial charge is 0.00788 e. The maximum Gasteiger partial charge on any atom is 0.00788 e. The molecular weight excluding hydrogens is 206 g/mol. The third-order valence-electron chi connectivity index (χ3n) is 5.01.